The summed E-state index contributed by atoms with van der Waals surface area (Å²) in [4.78, 5) is 14.2. The lowest BCUT2D eigenvalue weighted by molar-refractivity contribution is -0.140. The van der Waals surface area contributed by atoms with E-state index in [-0.39, 0.29) is 24.7 Å². The number of hydrogen-bond acceptors (Lipinski definition) is 5. The second kappa shape index (κ2) is 6.00. The molecule has 1 saturated heterocycles. The summed E-state index contributed by atoms with van der Waals surface area (Å²) in [6.45, 7) is 1.85. The Morgan fingerprint density at radius 3 is 3.09 bits per heavy atom. The van der Waals surface area contributed by atoms with Crippen molar-refractivity contribution in [3.63, 3.8) is 0 Å². The van der Waals surface area contributed by atoms with E-state index in [2.05, 4.69) is 10.3 Å². The SMILES string of the molecule is O=C(COc1ccccc1)N1CC[C@H]2OCc3cnnn3[C@@H]2C1. The molecule has 0 aliphatic carbocycles. The Labute approximate surface area is 133 Å². The van der Waals surface area contributed by atoms with Crippen LogP contribution in [0.2, 0.25) is 0 Å². The van der Waals surface area contributed by atoms with Crippen LogP contribution < -0.4 is 4.74 Å². The van der Waals surface area contributed by atoms with Gasteiger partial charge in [-0.3, -0.25) is 4.79 Å². The van der Waals surface area contributed by atoms with Crippen LogP contribution in [0, 0.1) is 0 Å². The molecule has 2 aliphatic rings. The van der Waals surface area contributed by atoms with Crippen molar-refractivity contribution in [3.8, 4) is 5.75 Å². The molecular weight excluding hydrogens is 296 g/mol. The minimum atomic E-state index is -0.0143. The molecule has 3 heterocycles. The highest BCUT2D eigenvalue weighted by Gasteiger charge is 2.37. The van der Waals surface area contributed by atoms with Gasteiger partial charge in [0.25, 0.3) is 5.91 Å². The van der Waals surface area contributed by atoms with Crippen molar-refractivity contribution >= 4 is 5.91 Å². The minimum Gasteiger partial charge on any atom is -0.484 e. The lowest BCUT2D eigenvalue weighted by Crippen LogP contribution is -2.50. The van der Waals surface area contributed by atoms with Crippen LogP contribution in [0.1, 0.15) is 18.2 Å². The number of para-hydroxylation sites is 1. The summed E-state index contributed by atoms with van der Waals surface area (Å²) in [7, 11) is 0. The first kappa shape index (κ1) is 14.2. The molecule has 4 rings (SSSR count). The van der Waals surface area contributed by atoms with Gasteiger partial charge in [0.05, 0.1) is 30.6 Å². The molecule has 23 heavy (non-hydrogen) atoms. The lowest BCUT2D eigenvalue weighted by atomic mass is 10.0. The number of ether oxygens (including phenoxy) is 2. The van der Waals surface area contributed by atoms with E-state index < -0.39 is 0 Å². The normalized spacial score (nSPS) is 23.0. The molecule has 1 aromatic carbocycles. The van der Waals surface area contributed by atoms with Gasteiger partial charge in [-0.15, -0.1) is 5.10 Å². The standard InChI is InChI=1S/C16H18N4O3/c21-16(11-22-13-4-2-1-3-5-13)19-7-6-15-14(9-19)20-12(10-23-15)8-17-18-20/h1-5,8,14-15H,6-7,9-11H2/t14-,15-/m1/s1. The molecule has 0 spiro atoms. The molecule has 0 radical (unpaired) electrons. The van der Waals surface area contributed by atoms with E-state index in [4.69, 9.17) is 9.47 Å². The number of carbonyl (C=O) groups is 1. The Bertz CT molecular complexity index is 688. The molecule has 0 bridgehead atoms. The smallest absolute Gasteiger partial charge is 0.260 e. The highest BCUT2D eigenvalue weighted by Crippen LogP contribution is 2.30. The molecular formula is C16H18N4O3. The number of benzene rings is 1. The van der Waals surface area contributed by atoms with Gasteiger partial charge in [0.15, 0.2) is 6.61 Å². The molecule has 2 aromatic rings. The number of nitrogens with zero attached hydrogens (tertiary/aromatic N) is 4. The van der Waals surface area contributed by atoms with E-state index in [0.717, 1.165) is 12.1 Å². The van der Waals surface area contributed by atoms with Crippen molar-refractivity contribution < 1.29 is 14.3 Å². The van der Waals surface area contributed by atoms with E-state index in [1.165, 1.54) is 0 Å². The second-order valence-electron chi connectivity index (χ2n) is 5.82. The zero-order valence-electron chi connectivity index (χ0n) is 12.7. The quantitative estimate of drug-likeness (QED) is 0.846. The molecule has 1 amide bonds. The number of likely N-dealkylation sites (tertiary alicyclic amines) is 1. The number of carbonyl (C=O) groups excluding carboxylic acids is 1. The molecule has 0 unspecified atom stereocenters. The molecule has 2 aliphatic heterocycles. The van der Waals surface area contributed by atoms with E-state index in [1.54, 1.807) is 6.20 Å². The van der Waals surface area contributed by atoms with Crippen LogP contribution in [-0.2, 0) is 16.1 Å². The predicted molar refractivity (Wildman–Crippen MR) is 80.8 cm³/mol. The van der Waals surface area contributed by atoms with Crippen LogP contribution in [0.25, 0.3) is 0 Å². The molecule has 0 saturated carbocycles. The van der Waals surface area contributed by atoms with Crippen LogP contribution in [-0.4, -0.2) is 51.6 Å². The Hall–Kier alpha value is -2.41. The molecule has 7 nitrogen and oxygen atoms in total. The van der Waals surface area contributed by atoms with Crippen molar-refractivity contribution in [2.24, 2.45) is 0 Å². The number of piperidine rings is 1. The van der Waals surface area contributed by atoms with Crippen LogP contribution >= 0.6 is 0 Å². The van der Waals surface area contributed by atoms with Crippen LogP contribution in [0.15, 0.2) is 36.5 Å². The fourth-order valence-corrected chi connectivity index (χ4v) is 3.16. The van der Waals surface area contributed by atoms with Crippen molar-refractivity contribution in [1.82, 2.24) is 19.9 Å². The first-order valence-corrected chi connectivity index (χ1v) is 7.77. The third kappa shape index (κ3) is 2.79. The number of aromatic nitrogens is 3. The first-order chi connectivity index (χ1) is 11.3. The summed E-state index contributed by atoms with van der Waals surface area (Å²) >= 11 is 0. The topological polar surface area (TPSA) is 69.5 Å². The van der Waals surface area contributed by atoms with Crippen molar-refractivity contribution in [3.05, 3.63) is 42.2 Å². The third-order valence-corrected chi connectivity index (χ3v) is 4.39. The van der Waals surface area contributed by atoms with Gasteiger partial charge in [-0.25, -0.2) is 4.68 Å². The summed E-state index contributed by atoms with van der Waals surface area (Å²) in [5, 5.41) is 8.09. The average molecular weight is 314 g/mol. The third-order valence-electron chi connectivity index (χ3n) is 4.39. The number of rotatable bonds is 3. The van der Waals surface area contributed by atoms with Gasteiger partial charge in [-0.05, 0) is 18.6 Å². The molecule has 1 fully saturated rings. The number of fused-ring (bicyclic) bond motifs is 3. The van der Waals surface area contributed by atoms with Crippen LogP contribution in [0.5, 0.6) is 5.75 Å². The minimum absolute atomic E-state index is 0.0143. The predicted octanol–water partition coefficient (Wildman–Crippen LogP) is 1.03. The first-order valence-electron chi connectivity index (χ1n) is 7.77. The van der Waals surface area contributed by atoms with Gasteiger partial charge in [-0.2, -0.15) is 0 Å². The molecule has 2 atom stereocenters. The molecule has 120 valence electrons. The Kier molecular flexibility index (Phi) is 3.70. The maximum Gasteiger partial charge on any atom is 0.260 e. The van der Waals surface area contributed by atoms with Crippen molar-refractivity contribution in [1.29, 1.82) is 0 Å². The fraction of sp³-hybridized carbons (Fsp3) is 0.438. The van der Waals surface area contributed by atoms with Crippen molar-refractivity contribution in [2.75, 3.05) is 19.7 Å². The van der Waals surface area contributed by atoms with E-state index in [9.17, 15) is 4.79 Å². The Morgan fingerprint density at radius 2 is 2.22 bits per heavy atom. The number of hydrogen-bond donors (Lipinski definition) is 0. The largest absolute Gasteiger partial charge is 0.484 e. The summed E-state index contributed by atoms with van der Waals surface area (Å²) < 4.78 is 13.3. The van der Waals surface area contributed by atoms with Gasteiger partial charge in [0, 0.05) is 13.1 Å². The van der Waals surface area contributed by atoms with E-state index >= 15 is 0 Å². The van der Waals surface area contributed by atoms with Gasteiger partial charge in [0.1, 0.15) is 5.75 Å². The lowest BCUT2D eigenvalue weighted by Gasteiger charge is -2.40. The summed E-state index contributed by atoms with van der Waals surface area (Å²) in [6.07, 6.45) is 2.62. The van der Waals surface area contributed by atoms with Gasteiger partial charge in [-0.1, -0.05) is 23.4 Å². The Balaban J connectivity index is 1.40. The number of amides is 1. The summed E-state index contributed by atoms with van der Waals surface area (Å²) in [5.74, 6) is 0.690. The maximum atomic E-state index is 12.4. The zero-order valence-corrected chi connectivity index (χ0v) is 12.7. The summed E-state index contributed by atoms with van der Waals surface area (Å²) in [5.41, 5.74) is 0.959. The second-order valence-corrected chi connectivity index (χ2v) is 5.82. The van der Waals surface area contributed by atoms with Crippen molar-refractivity contribution in [2.45, 2.75) is 25.2 Å². The fourth-order valence-electron chi connectivity index (χ4n) is 3.16. The zero-order chi connectivity index (χ0) is 15.6. The van der Waals surface area contributed by atoms with E-state index in [1.807, 2.05) is 39.9 Å². The summed E-state index contributed by atoms with van der Waals surface area (Å²) in [6, 6.07) is 9.41. The van der Waals surface area contributed by atoms with Crippen LogP contribution in [0.4, 0.5) is 0 Å². The maximum absolute atomic E-state index is 12.4. The highest BCUT2D eigenvalue weighted by molar-refractivity contribution is 5.78. The Morgan fingerprint density at radius 1 is 1.35 bits per heavy atom. The van der Waals surface area contributed by atoms with Gasteiger partial charge in [0.2, 0.25) is 0 Å². The van der Waals surface area contributed by atoms with Crippen LogP contribution in [0.3, 0.4) is 0 Å². The average Bonchev–Trinajstić information content (AvgIpc) is 3.09. The molecule has 0 N–H and O–H groups in total. The monoisotopic (exact) mass is 314 g/mol. The highest BCUT2D eigenvalue weighted by atomic mass is 16.5. The van der Waals surface area contributed by atoms with Gasteiger partial charge < -0.3 is 14.4 Å². The molecule has 7 heteroatoms. The molecule has 1 aromatic heterocycles. The van der Waals surface area contributed by atoms with E-state index in [0.29, 0.717) is 25.4 Å². The van der Waals surface area contributed by atoms with Gasteiger partial charge >= 0.3 is 0 Å².